The Morgan fingerprint density at radius 1 is 1.29 bits per heavy atom. The summed E-state index contributed by atoms with van der Waals surface area (Å²) in [6.45, 7) is 3.40. The summed E-state index contributed by atoms with van der Waals surface area (Å²) < 4.78 is 0. The van der Waals surface area contributed by atoms with Crippen LogP contribution in [0.15, 0.2) is 29.2 Å². The number of thioether (sulfide) groups is 1. The van der Waals surface area contributed by atoms with E-state index in [9.17, 15) is 9.59 Å². The number of carbonyl (C=O) groups is 2. The molecule has 2 aliphatic heterocycles. The summed E-state index contributed by atoms with van der Waals surface area (Å²) in [4.78, 5) is 31.9. The predicted molar refractivity (Wildman–Crippen MR) is 95.3 cm³/mol. The fourth-order valence-corrected chi connectivity index (χ4v) is 4.18. The molecule has 6 heteroatoms. The van der Waals surface area contributed by atoms with Crippen molar-refractivity contribution in [3.05, 3.63) is 29.8 Å². The largest absolute Gasteiger partial charge is 0.355 e. The molecule has 0 unspecified atom stereocenters. The van der Waals surface area contributed by atoms with Gasteiger partial charge in [-0.2, -0.15) is 0 Å². The molecule has 4 rings (SSSR count). The Hall–Kier alpha value is -2.08. The zero-order valence-electron chi connectivity index (χ0n) is 13.8. The monoisotopic (exact) mass is 341 g/mol. The number of fused-ring (bicyclic) bond motifs is 1. The maximum atomic E-state index is 12.2. The van der Waals surface area contributed by atoms with E-state index in [0.717, 1.165) is 23.3 Å². The second-order valence-corrected chi connectivity index (χ2v) is 7.57. The van der Waals surface area contributed by atoms with Gasteiger partial charge in [-0.25, -0.2) is 4.98 Å². The molecule has 2 amide bonds. The van der Waals surface area contributed by atoms with Gasteiger partial charge in [0.25, 0.3) is 0 Å². The van der Waals surface area contributed by atoms with Crippen molar-refractivity contribution in [2.24, 2.45) is 5.41 Å². The number of rotatable bonds is 2. The molecule has 1 atom stereocenters. The lowest BCUT2D eigenvalue weighted by Gasteiger charge is -2.22. The van der Waals surface area contributed by atoms with Crippen LogP contribution in [0.2, 0.25) is 0 Å². The minimum absolute atomic E-state index is 0.128. The van der Waals surface area contributed by atoms with Crippen molar-refractivity contribution < 1.29 is 9.59 Å². The number of pyridine rings is 1. The molecule has 2 aliphatic rings. The minimum Gasteiger partial charge on any atom is -0.355 e. The molecule has 1 N–H and O–H groups in total. The van der Waals surface area contributed by atoms with Crippen LogP contribution in [0.4, 0.5) is 5.82 Å². The van der Waals surface area contributed by atoms with Crippen molar-refractivity contribution in [2.45, 2.75) is 24.7 Å². The van der Waals surface area contributed by atoms with E-state index < -0.39 is 5.41 Å². The van der Waals surface area contributed by atoms with E-state index in [4.69, 9.17) is 4.98 Å². The predicted octanol–water partition coefficient (Wildman–Crippen LogP) is 2.51. The van der Waals surface area contributed by atoms with Gasteiger partial charge in [0.15, 0.2) is 0 Å². The summed E-state index contributed by atoms with van der Waals surface area (Å²) in [5.41, 5.74) is 1.59. The van der Waals surface area contributed by atoms with Crippen molar-refractivity contribution in [2.75, 3.05) is 24.2 Å². The molecule has 1 aromatic carbocycles. The first-order valence-corrected chi connectivity index (χ1v) is 9.28. The average molecular weight is 341 g/mol. The number of nitrogens with zero attached hydrogens (tertiary/aromatic N) is 2. The third-order valence-corrected chi connectivity index (χ3v) is 5.85. The number of anilines is 1. The van der Waals surface area contributed by atoms with Gasteiger partial charge in [-0.15, -0.1) is 11.8 Å². The van der Waals surface area contributed by atoms with E-state index in [1.807, 2.05) is 0 Å². The van der Waals surface area contributed by atoms with Crippen LogP contribution in [0.3, 0.4) is 0 Å². The van der Waals surface area contributed by atoms with Gasteiger partial charge in [-0.05, 0) is 43.4 Å². The highest BCUT2D eigenvalue weighted by Crippen LogP contribution is 2.39. The second-order valence-electron chi connectivity index (χ2n) is 6.69. The van der Waals surface area contributed by atoms with Gasteiger partial charge in [0.2, 0.25) is 11.8 Å². The number of hydrogen-bond acceptors (Lipinski definition) is 5. The fourth-order valence-electron chi connectivity index (χ4n) is 3.74. The Morgan fingerprint density at radius 3 is 2.83 bits per heavy atom. The first-order chi connectivity index (χ1) is 11.5. The van der Waals surface area contributed by atoms with Gasteiger partial charge in [0.05, 0.1) is 10.9 Å². The van der Waals surface area contributed by atoms with Crippen molar-refractivity contribution >= 4 is 40.3 Å². The minimum atomic E-state index is -0.567. The molecule has 0 bridgehead atoms. The van der Waals surface area contributed by atoms with E-state index in [2.05, 4.69) is 47.7 Å². The normalized spacial score (nSPS) is 23.5. The molecular formula is C18H19N3O2S. The van der Waals surface area contributed by atoms with Crippen LogP contribution in [-0.2, 0) is 9.59 Å². The highest BCUT2D eigenvalue weighted by Gasteiger charge is 2.51. The Labute approximate surface area is 144 Å². The molecule has 1 spiro atoms. The van der Waals surface area contributed by atoms with Crippen LogP contribution < -0.4 is 10.2 Å². The van der Waals surface area contributed by atoms with Crippen LogP contribution in [0.5, 0.6) is 0 Å². The maximum absolute atomic E-state index is 12.2. The molecule has 2 aromatic rings. The molecule has 0 aliphatic carbocycles. The molecule has 124 valence electrons. The summed E-state index contributed by atoms with van der Waals surface area (Å²) in [7, 11) is 0. The lowest BCUT2D eigenvalue weighted by Crippen LogP contribution is -2.34. The van der Waals surface area contributed by atoms with Gasteiger partial charge < -0.3 is 4.90 Å². The van der Waals surface area contributed by atoms with Gasteiger partial charge in [-0.1, -0.05) is 6.07 Å². The molecule has 1 aromatic heterocycles. The van der Waals surface area contributed by atoms with Crippen LogP contribution in [0.25, 0.3) is 10.9 Å². The van der Waals surface area contributed by atoms with Gasteiger partial charge >= 0.3 is 0 Å². The SMILES string of the molecule is CSc1ccc2c(C)cc(N3CC[C@@]4(CC(=O)NC4=O)C3)nc2c1. The van der Waals surface area contributed by atoms with Crippen LogP contribution >= 0.6 is 11.8 Å². The van der Waals surface area contributed by atoms with Gasteiger partial charge in [-0.3, -0.25) is 14.9 Å². The van der Waals surface area contributed by atoms with E-state index in [1.165, 1.54) is 10.5 Å². The van der Waals surface area contributed by atoms with E-state index >= 15 is 0 Å². The molecule has 5 nitrogen and oxygen atoms in total. The second kappa shape index (κ2) is 5.48. The quantitative estimate of drug-likeness (QED) is 0.672. The molecule has 0 saturated carbocycles. The van der Waals surface area contributed by atoms with Crippen LogP contribution in [0.1, 0.15) is 18.4 Å². The van der Waals surface area contributed by atoms with Gasteiger partial charge in [0.1, 0.15) is 5.82 Å². The molecule has 0 radical (unpaired) electrons. The van der Waals surface area contributed by atoms with Gasteiger partial charge in [0, 0.05) is 29.8 Å². The van der Waals surface area contributed by atoms with Crippen LogP contribution in [-0.4, -0.2) is 36.1 Å². The number of hydrogen-bond donors (Lipinski definition) is 1. The average Bonchev–Trinajstić information content (AvgIpc) is 3.10. The number of amides is 2. The highest BCUT2D eigenvalue weighted by atomic mass is 32.2. The number of aromatic nitrogens is 1. The Kier molecular flexibility index (Phi) is 3.53. The molecule has 2 saturated heterocycles. The summed E-state index contributed by atoms with van der Waals surface area (Å²) in [5, 5.41) is 3.60. The summed E-state index contributed by atoms with van der Waals surface area (Å²) in [5.74, 6) is 0.605. The zero-order chi connectivity index (χ0) is 16.9. The summed E-state index contributed by atoms with van der Waals surface area (Å²) in [6.07, 6.45) is 3.05. The summed E-state index contributed by atoms with van der Waals surface area (Å²) in [6, 6.07) is 8.41. The topological polar surface area (TPSA) is 62.3 Å². The standard InChI is InChI=1S/C18H19N3O2S/c1-11-7-15(19-14-8-12(24-2)3-4-13(11)14)21-6-5-18(10-21)9-16(22)20-17(18)23/h3-4,7-8H,5-6,9-10H2,1-2H3,(H,20,22,23)/t18-/m1/s1. The van der Waals surface area contributed by atoms with Crippen molar-refractivity contribution in [1.29, 1.82) is 0 Å². The molecule has 3 heterocycles. The number of carbonyl (C=O) groups excluding carboxylic acids is 2. The van der Waals surface area contributed by atoms with E-state index in [-0.39, 0.29) is 11.8 Å². The Bertz CT molecular complexity index is 867. The maximum Gasteiger partial charge on any atom is 0.235 e. The molecular weight excluding hydrogens is 322 g/mol. The Balaban J connectivity index is 1.70. The summed E-state index contributed by atoms with van der Waals surface area (Å²) >= 11 is 1.70. The van der Waals surface area contributed by atoms with E-state index in [1.54, 1.807) is 11.8 Å². The number of aryl methyl sites for hydroxylation is 1. The third kappa shape index (κ3) is 2.36. The van der Waals surface area contributed by atoms with Crippen molar-refractivity contribution in [3.63, 3.8) is 0 Å². The van der Waals surface area contributed by atoms with Crippen molar-refractivity contribution in [3.8, 4) is 0 Å². The number of imide groups is 1. The third-order valence-electron chi connectivity index (χ3n) is 5.12. The number of benzene rings is 1. The van der Waals surface area contributed by atoms with Crippen LogP contribution in [0, 0.1) is 12.3 Å². The first kappa shape index (κ1) is 15.4. The smallest absolute Gasteiger partial charge is 0.235 e. The fraction of sp³-hybridized carbons (Fsp3) is 0.389. The van der Waals surface area contributed by atoms with Crippen molar-refractivity contribution in [1.82, 2.24) is 10.3 Å². The number of nitrogens with one attached hydrogen (secondary N) is 1. The first-order valence-electron chi connectivity index (χ1n) is 8.05. The Morgan fingerprint density at radius 2 is 2.12 bits per heavy atom. The highest BCUT2D eigenvalue weighted by molar-refractivity contribution is 7.98. The lowest BCUT2D eigenvalue weighted by atomic mass is 9.85. The molecule has 2 fully saturated rings. The van der Waals surface area contributed by atoms with E-state index in [0.29, 0.717) is 19.4 Å². The molecule has 24 heavy (non-hydrogen) atoms. The zero-order valence-corrected chi connectivity index (χ0v) is 14.6. The lowest BCUT2D eigenvalue weighted by molar-refractivity contribution is -0.127.